The van der Waals surface area contributed by atoms with Crippen LogP contribution in [0.3, 0.4) is 0 Å². The van der Waals surface area contributed by atoms with Crippen LogP contribution >= 0.6 is 23.2 Å². The summed E-state index contributed by atoms with van der Waals surface area (Å²) >= 11 is 11.6. The first-order valence-electron chi connectivity index (χ1n) is 5.61. The quantitative estimate of drug-likeness (QED) is 0.685. The summed E-state index contributed by atoms with van der Waals surface area (Å²) in [6.45, 7) is 0. The number of halogens is 2. The van der Waals surface area contributed by atoms with E-state index in [1.165, 1.54) is 6.08 Å². The lowest BCUT2D eigenvalue weighted by atomic mass is 10.2. The van der Waals surface area contributed by atoms with Gasteiger partial charge in [-0.15, -0.1) is 4.40 Å². The summed E-state index contributed by atoms with van der Waals surface area (Å²) in [6.07, 6.45) is 3.21. The van der Waals surface area contributed by atoms with Crippen molar-refractivity contribution in [2.24, 2.45) is 16.0 Å². The van der Waals surface area contributed by atoms with Crippen LogP contribution in [0.1, 0.15) is 18.4 Å². The Balaban J connectivity index is 2.16. The molecular formula is C12H12Cl2N2O2S. The van der Waals surface area contributed by atoms with Gasteiger partial charge in [-0.2, -0.15) is 8.42 Å². The highest BCUT2D eigenvalue weighted by Crippen LogP contribution is 2.29. The fraction of sp³-hybridized carbons (Fsp3) is 0.250. The van der Waals surface area contributed by atoms with Gasteiger partial charge in [0.05, 0.1) is 15.5 Å². The zero-order valence-electron chi connectivity index (χ0n) is 9.88. The lowest BCUT2D eigenvalue weighted by Gasteiger charge is -1.98. The molecule has 4 nitrogen and oxygen atoms in total. The van der Waals surface area contributed by atoms with Gasteiger partial charge in [0.1, 0.15) is 5.84 Å². The smallest absolute Gasteiger partial charge is 0.277 e. The van der Waals surface area contributed by atoms with Gasteiger partial charge in [-0.3, -0.25) is 0 Å². The molecule has 0 aliphatic heterocycles. The van der Waals surface area contributed by atoms with Crippen LogP contribution < -0.4 is 5.73 Å². The van der Waals surface area contributed by atoms with Crippen molar-refractivity contribution in [3.05, 3.63) is 39.2 Å². The predicted octanol–water partition coefficient (Wildman–Crippen LogP) is 3.06. The molecule has 0 aromatic heterocycles. The monoisotopic (exact) mass is 318 g/mol. The van der Waals surface area contributed by atoms with E-state index in [1.807, 2.05) is 0 Å². The summed E-state index contributed by atoms with van der Waals surface area (Å²) in [4.78, 5) is 0. The highest BCUT2D eigenvalue weighted by molar-refractivity contribution is 7.93. The molecule has 1 fully saturated rings. The van der Waals surface area contributed by atoms with Crippen molar-refractivity contribution >= 4 is 45.1 Å². The zero-order valence-corrected chi connectivity index (χ0v) is 12.2. The standard InChI is InChI=1S/C12H12Cl2N2O2S/c13-10-4-1-8(7-11(10)14)5-6-19(17,18)16-12(15)9-2-3-9/h1,4-7,9H,2-3H2,(H2,15,16)/b6-5+. The number of nitrogens with zero attached hydrogens (tertiary/aromatic N) is 1. The second-order valence-corrected chi connectivity index (χ2v) is 6.58. The molecule has 2 rings (SSSR count). The summed E-state index contributed by atoms with van der Waals surface area (Å²) in [5.41, 5.74) is 6.20. The average Bonchev–Trinajstić information content (AvgIpc) is 3.14. The van der Waals surface area contributed by atoms with E-state index in [1.54, 1.807) is 18.2 Å². The molecule has 0 bridgehead atoms. The second kappa shape index (κ2) is 5.53. The van der Waals surface area contributed by atoms with E-state index in [4.69, 9.17) is 28.9 Å². The van der Waals surface area contributed by atoms with E-state index in [0.29, 0.717) is 15.6 Å². The molecule has 7 heteroatoms. The molecule has 0 saturated heterocycles. The van der Waals surface area contributed by atoms with Gasteiger partial charge < -0.3 is 5.73 Å². The van der Waals surface area contributed by atoms with Gasteiger partial charge in [-0.25, -0.2) is 0 Å². The Bertz CT molecular complexity index is 650. The number of sulfonamides is 1. The van der Waals surface area contributed by atoms with Crippen molar-refractivity contribution in [3.63, 3.8) is 0 Å². The molecule has 2 N–H and O–H groups in total. The molecule has 1 aromatic carbocycles. The van der Waals surface area contributed by atoms with Crippen molar-refractivity contribution in [2.75, 3.05) is 0 Å². The Hall–Kier alpha value is -1.04. The van der Waals surface area contributed by atoms with E-state index < -0.39 is 10.0 Å². The Morgan fingerprint density at radius 2 is 2.00 bits per heavy atom. The van der Waals surface area contributed by atoms with E-state index >= 15 is 0 Å². The maximum absolute atomic E-state index is 11.7. The van der Waals surface area contributed by atoms with Crippen LogP contribution in [0.25, 0.3) is 6.08 Å². The van der Waals surface area contributed by atoms with Crippen molar-refractivity contribution in [1.82, 2.24) is 0 Å². The molecular weight excluding hydrogens is 307 g/mol. The van der Waals surface area contributed by atoms with Gasteiger partial charge in [0.15, 0.2) is 0 Å². The Morgan fingerprint density at radius 3 is 2.58 bits per heavy atom. The Labute approximate surface area is 122 Å². The maximum atomic E-state index is 11.7. The summed E-state index contributed by atoms with van der Waals surface area (Å²) in [7, 11) is -3.70. The van der Waals surface area contributed by atoms with Crippen LogP contribution in [0.4, 0.5) is 0 Å². The van der Waals surface area contributed by atoms with E-state index in [9.17, 15) is 8.42 Å². The van der Waals surface area contributed by atoms with E-state index in [-0.39, 0.29) is 11.8 Å². The van der Waals surface area contributed by atoms with E-state index in [2.05, 4.69) is 4.40 Å². The maximum Gasteiger partial charge on any atom is 0.277 e. The third-order valence-electron chi connectivity index (χ3n) is 2.60. The van der Waals surface area contributed by atoms with Gasteiger partial charge in [0, 0.05) is 5.92 Å². The first-order valence-corrected chi connectivity index (χ1v) is 7.87. The SMILES string of the molecule is NC(=NS(=O)(=O)/C=C/c1ccc(Cl)c(Cl)c1)C1CC1. The summed E-state index contributed by atoms with van der Waals surface area (Å²) < 4.78 is 26.9. The van der Waals surface area contributed by atoms with Gasteiger partial charge in [-0.05, 0) is 36.6 Å². The molecule has 0 heterocycles. The molecule has 1 saturated carbocycles. The van der Waals surface area contributed by atoms with Crippen LogP contribution in [0.2, 0.25) is 10.0 Å². The average molecular weight is 319 g/mol. The molecule has 1 aliphatic rings. The van der Waals surface area contributed by atoms with Gasteiger partial charge in [0.25, 0.3) is 10.0 Å². The summed E-state index contributed by atoms with van der Waals surface area (Å²) in [5.74, 6) is 0.298. The molecule has 0 spiro atoms. The highest BCUT2D eigenvalue weighted by Gasteiger charge is 2.26. The number of hydrogen-bond donors (Lipinski definition) is 1. The number of rotatable bonds is 4. The Kier molecular flexibility index (Phi) is 4.18. The minimum absolute atomic E-state index is 0.119. The predicted molar refractivity (Wildman–Crippen MR) is 78.8 cm³/mol. The minimum Gasteiger partial charge on any atom is -0.386 e. The van der Waals surface area contributed by atoms with Gasteiger partial charge in [-0.1, -0.05) is 29.3 Å². The van der Waals surface area contributed by atoms with E-state index in [0.717, 1.165) is 18.2 Å². The molecule has 1 aromatic rings. The number of hydrogen-bond acceptors (Lipinski definition) is 2. The van der Waals surface area contributed by atoms with Gasteiger partial charge in [0.2, 0.25) is 0 Å². The lowest BCUT2D eigenvalue weighted by Crippen LogP contribution is -2.15. The number of amidine groups is 1. The fourth-order valence-electron chi connectivity index (χ4n) is 1.41. The van der Waals surface area contributed by atoms with Crippen molar-refractivity contribution in [3.8, 4) is 0 Å². The molecule has 102 valence electrons. The molecule has 0 atom stereocenters. The third kappa shape index (κ3) is 4.23. The van der Waals surface area contributed by atoms with Crippen LogP contribution in [0.15, 0.2) is 28.0 Å². The van der Waals surface area contributed by atoms with Crippen molar-refractivity contribution < 1.29 is 8.42 Å². The lowest BCUT2D eigenvalue weighted by molar-refractivity contribution is 0.606. The minimum atomic E-state index is -3.70. The number of benzene rings is 1. The molecule has 19 heavy (non-hydrogen) atoms. The normalized spacial score (nSPS) is 17.1. The van der Waals surface area contributed by atoms with Crippen LogP contribution in [-0.2, 0) is 10.0 Å². The van der Waals surface area contributed by atoms with Gasteiger partial charge >= 0.3 is 0 Å². The fourth-order valence-corrected chi connectivity index (χ4v) is 2.55. The van der Waals surface area contributed by atoms with Crippen molar-refractivity contribution in [2.45, 2.75) is 12.8 Å². The molecule has 1 aliphatic carbocycles. The summed E-state index contributed by atoms with van der Waals surface area (Å²) in [6, 6.07) is 4.83. The van der Waals surface area contributed by atoms with Crippen LogP contribution in [-0.4, -0.2) is 14.3 Å². The van der Waals surface area contributed by atoms with Crippen LogP contribution in [0, 0.1) is 5.92 Å². The first-order chi connectivity index (χ1) is 8.87. The highest BCUT2D eigenvalue weighted by atomic mass is 35.5. The number of nitrogens with two attached hydrogens (primary N) is 1. The molecule has 0 unspecified atom stereocenters. The van der Waals surface area contributed by atoms with Crippen molar-refractivity contribution in [1.29, 1.82) is 0 Å². The molecule has 0 radical (unpaired) electrons. The molecule has 0 amide bonds. The second-order valence-electron chi connectivity index (χ2n) is 4.28. The topological polar surface area (TPSA) is 72.5 Å². The Morgan fingerprint density at radius 1 is 1.32 bits per heavy atom. The first kappa shape index (κ1) is 14.4. The van der Waals surface area contributed by atoms with Crippen LogP contribution in [0.5, 0.6) is 0 Å². The third-order valence-corrected chi connectivity index (χ3v) is 4.29. The summed E-state index contributed by atoms with van der Waals surface area (Å²) in [5, 5.41) is 1.78. The largest absolute Gasteiger partial charge is 0.386 e. The zero-order chi connectivity index (χ0) is 14.0.